The van der Waals surface area contributed by atoms with E-state index in [4.69, 9.17) is 4.84 Å². The van der Waals surface area contributed by atoms with E-state index in [9.17, 15) is 9.59 Å². The zero-order valence-electron chi connectivity index (χ0n) is 12.4. The van der Waals surface area contributed by atoms with Gasteiger partial charge in [-0.2, -0.15) is 0 Å². The molecule has 1 aliphatic rings. The number of Topliss-reactive ketones (excluding diaryl/α,β-unsaturated/α-hetero) is 2. The molecule has 0 radical (unpaired) electrons. The van der Waals surface area contributed by atoms with E-state index in [2.05, 4.69) is 26.1 Å². The number of pyridine rings is 1. The molecule has 0 atom stereocenters. The predicted molar refractivity (Wildman–Crippen MR) is 88.9 cm³/mol. The second kappa shape index (κ2) is 6.42. The summed E-state index contributed by atoms with van der Waals surface area (Å²) < 4.78 is 0.615. The lowest BCUT2D eigenvalue weighted by Crippen LogP contribution is -2.15. The number of carbonyl (C=O) groups excluding carboxylic acids is 2. The minimum Gasteiger partial charge on any atom is -0.399 e. The second-order valence-electron chi connectivity index (χ2n) is 5.12. The van der Waals surface area contributed by atoms with Gasteiger partial charge in [0, 0.05) is 22.9 Å². The van der Waals surface area contributed by atoms with Crippen molar-refractivity contribution in [3.05, 3.63) is 63.4 Å². The number of oxime groups is 1. The Labute approximate surface area is 141 Å². The van der Waals surface area contributed by atoms with E-state index in [1.165, 1.54) is 13.3 Å². The summed E-state index contributed by atoms with van der Waals surface area (Å²) in [7, 11) is 1.51. The monoisotopic (exact) mass is 372 g/mol. The van der Waals surface area contributed by atoms with Crippen molar-refractivity contribution in [2.24, 2.45) is 5.16 Å². The van der Waals surface area contributed by atoms with Crippen molar-refractivity contribution in [3.63, 3.8) is 0 Å². The lowest BCUT2D eigenvalue weighted by Gasteiger charge is -2.04. The van der Waals surface area contributed by atoms with Crippen molar-refractivity contribution in [1.29, 1.82) is 0 Å². The lowest BCUT2D eigenvalue weighted by molar-refractivity contribution is 0.0816. The van der Waals surface area contributed by atoms with Crippen LogP contribution in [0, 0.1) is 0 Å². The van der Waals surface area contributed by atoms with Crippen LogP contribution in [-0.2, 0) is 11.3 Å². The zero-order valence-corrected chi connectivity index (χ0v) is 14.0. The van der Waals surface area contributed by atoms with E-state index >= 15 is 0 Å². The number of benzene rings is 1. The average Bonchev–Trinajstić information content (AvgIpc) is 2.97. The first-order valence-electron chi connectivity index (χ1n) is 7.04. The Kier molecular flexibility index (Phi) is 4.34. The van der Waals surface area contributed by atoms with E-state index in [0.717, 1.165) is 29.7 Å². The van der Waals surface area contributed by atoms with Crippen LogP contribution in [0.25, 0.3) is 0 Å². The van der Waals surface area contributed by atoms with Crippen LogP contribution in [0.4, 0.5) is 0 Å². The van der Waals surface area contributed by atoms with Gasteiger partial charge in [-0.05, 0) is 52.5 Å². The van der Waals surface area contributed by atoms with Crippen LogP contribution in [0.3, 0.4) is 0 Å². The average molecular weight is 373 g/mol. The number of carbonyl (C=O) groups is 2. The van der Waals surface area contributed by atoms with Crippen LogP contribution >= 0.6 is 15.9 Å². The SMILES string of the molecule is CON=C1CCc2cc(C(=O)C(=O)c3ccc(Br)nc3)ccc21. The number of ketones is 2. The van der Waals surface area contributed by atoms with Gasteiger partial charge in [0.1, 0.15) is 11.7 Å². The molecule has 3 rings (SSSR count). The maximum Gasteiger partial charge on any atom is 0.235 e. The molecule has 0 fully saturated rings. The molecule has 1 aliphatic carbocycles. The summed E-state index contributed by atoms with van der Waals surface area (Å²) in [5.41, 5.74) is 3.51. The predicted octanol–water partition coefficient (Wildman–Crippen LogP) is 3.21. The molecule has 2 aromatic rings. The van der Waals surface area contributed by atoms with Crippen molar-refractivity contribution >= 4 is 33.2 Å². The second-order valence-corrected chi connectivity index (χ2v) is 5.93. The number of halogens is 1. The minimum absolute atomic E-state index is 0.278. The first-order chi connectivity index (χ1) is 11.1. The fourth-order valence-electron chi connectivity index (χ4n) is 2.59. The summed E-state index contributed by atoms with van der Waals surface area (Å²) in [6, 6.07) is 8.45. The number of fused-ring (bicyclic) bond motifs is 1. The normalized spacial score (nSPS) is 14.6. The highest BCUT2D eigenvalue weighted by Gasteiger charge is 2.23. The molecule has 0 bridgehead atoms. The van der Waals surface area contributed by atoms with E-state index in [-0.39, 0.29) is 5.56 Å². The van der Waals surface area contributed by atoms with Crippen LogP contribution < -0.4 is 0 Å². The van der Waals surface area contributed by atoms with E-state index in [1.807, 2.05) is 6.07 Å². The molecule has 0 unspecified atom stereocenters. The molecule has 0 saturated carbocycles. The molecular weight excluding hydrogens is 360 g/mol. The number of aryl methyl sites for hydroxylation is 1. The van der Waals surface area contributed by atoms with Crippen LogP contribution in [0.2, 0.25) is 0 Å². The van der Waals surface area contributed by atoms with E-state index in [0.29, 0.717) is 10.2 Å². The highest BCUT2D eigenvalue weighted by molar-refractivity contribution is 9.10. The Morgan fingerprint density at radius 2 is 1.87 bits per heavy atom. The molecule has 1 aromatic heterocycles. The largest absolute Gasteiger partial charge is 0.399 e. The number of rotatable bonds is 4. The van der Waals surface area contributed by atoms with Gasteiger partial charge < -0.3 is 4.84 Å². The maximum absolute atomic E-state index is 12.4. The van der Waals surface area contributed by atoms with E-state index < -0.39 is 11.6 Å². The maximum atomic E-state index is 12.4. The van der Waals surface area contributed by atoms with Gasteiger partial charge in [-0.25, -0.2) is 4.98 Å². The Morgan fingerprint density at radius 1 is 1.13 bits per heavy atom. The molecule has 0 amide bonds. The molecule has 116 valence electrons. The zero-order chi connectivity index (χ0) is 16.4. The number of hydrogen-bond donors (Lipinski definition) is 0. The molecule has 0 spiro atoms. The third-order valence-electron chi connectivity index (χ3n) is 3.71. The first kappa shape index (κ1) is 15.6. The molecule has 23 heavy (non-hydrogen) atoms. The Hall–Kier alpha value is -2.34. The minimum atomic E-state index is -0.561. The fraction of sp³-hybridized carbons (Fsp3) is 0.176. The third-order valence-corrected chi connectivity index (χ3v) is 4.18. The third kappa shape index (κ3) is 3.07. The molecule has 0 N–H and O–H groups in total. The van der Waals surface area contributed by atoms with Gasteiger partial charge in [0.05, 0.1) is 5.71 Å². The molecule has 0 saturated heterocycles. The molecule has 1 heterocycles. The Bertz CT molecular complexity index is 813. The van der Waals surface area contributed by atoms with Gasteiger partial charge >= 0.3 is 0 Å². The summed E-state index contributed by atoms with van der Waals surface area (Å²) in [6.07, 6.45) is 2.94. The van der Waals surface area contributed by atoms with Crippen LogP contribution in [0.1, 0.15) is 38.3 Å². The quantitative estimate of drug-likeness (QED) is 0.357. The van der Waals surface area contributed by atoms with Crippen molar-refractivity contribution < 1.29 is 14.4 Å². The molecule has 5 nitrogen and oxygen atoms in total. The van der Waals surface area contributed by atoms with Gasteiger partial charge in [-0.15, -0.1) is 0 Å². The van der Waals surface area contributed by atoms with Crippen molar-refractivity contribution in [2.45, 2.75) is 12.8 Å². The van der Waals surface area contributed by atoms with Crippen LogP contribution in [0.15, 0.2) is 46.3 Å². The Morgan fingerprint density at radius 3 is 2.57 bits per heavy atom. The fourth-order valence-corrected chi connectivity index (χ4v) is 2.82. The highest BCUT2D eigenvalue weighted by atomic mass is 79.9. The smallest absolute Gasteiger partial charge is 0.235 e. The molecule has 0 aliphatic heterocycles. The van der Waals surface area contributed by atoms with Crippen molar-refractivity contribution in [2.75, 3.05) is 7.11 Å². The topological polar surface area (TPSA) is 68.6 Å². The first-order valence-corrected chi connectivity index (χ1v) is 7.83. The number of hydrogen-bond acceptors (Lipinski definition) is 5. The summed E-state index contributed by atoms with van der Waals surface area (Å²) >= 11 is 3.20. The number of aromatic nitrogens is 1. The van der Waals surface area contributed by atoms with Gasteiger partial charge in [-0.1, -0.05) is 17.3 Å². The van der Waals surface area contributed by atoms with Crippen molar-refractivity contribution in [3.8, 4) is 0 Å². The van der Waals surface area contributed by atoms with Gasteiger partial charge in [0.25, 0.3) is 0 Å². The molecular formula is C17H13BrN2O3. The van der Waals surface area contributed by atoms with E-state index in [1.54, 1.807) is 24.3 Å². The van der Waals surface area contributed by atoms with Gasteiger partial charge in [0.15, 0.2) is 0 Å². The lowest BCUT2D eigenvalue weighted by atomic mass is 9.99. The van der Waals surface area contributed by atoms with Gasteiger partial charge in [0.2, 0.25) is 11.6 Å². The summed E-state index contributed by atoms with van der Waals surface area (Å²) in [5.74, 6) is -1.09. The number of nitrogens with zero attached hydrogens (tertiary/aromatic N) is 2. The van der Waals surface area contributed by atoms with Gasteiger partial charge in [-0.3, -0.25) is 9.59 Å². The Balaban J connectivity index is 1.88. The van der Waals surface area contributed by atoms with Crippen molar-refractivity contribution in [1.82, 2.24) is 4.98 Å². The summed E-state index contributed by atoms with van der Waals surface area (Å²) in [5, 5.41) is 3.98. The summed E-state index contributed by atoms with van der Waals surface area (Å²) in [4.78, 5) is 33.5. The molecule has 6 heteroatoms. The highest BCUT2D eigenvalue weighted by Crippen LogP contribution is 2.24. The summed E-state index contributed by atoms with van der Waals surface area (Å²) in [6.45, 7) is 0. The molecule has 1 aromatic carbocycles. The standard InChI is InChI=1S/C17H13BrN2O3/c1-23-20-14-6-3-10-8-11(2-5-13(10)14)16(21)17(22)12-4-7-15(18)19-9-12/h2,4-5,7-9H,3,6H2,1H3. The van der Waals surface area contributed by atoms with Crippen LogP contribution in [0.5, 0.6) is 0 Å². The van der Waals surface area contributed by atoms with Crippen LogP contribution in [-0.4, -0.2) is 29.4 Å².